The molecule has 0 radical (unpaired) electrons. The first-order valence-corrected chi connectivity index (χ1v) is 19.9. The second-order valence-electron chi connectivity index (χ2n) is 17.1. The lowest BCUT2D eigenvalue weighted by molar-refractivity contribution is -0.319. The molecule has 0 aromatic heterocycles. The zero-order chi connectivity index (χ0) is 41.8. The fourth-order valence-electron chi connectivity index (χ4n) is 8.92. The number of cyclic esters (lactones) is 1. The highest BCUT2D eigenvalue weighted by molar-refractivity contribution is 5.83. The van der Waals surface area contributed by atoms with Gasteiger partial charge in [-0.05, 0) is 67.9 Å². The predicted molar refractivity (Wildman–Crippen MR) is 203 cm³/mol. The summed E-state index contributed by atoms with van der Waals surface area (Å²) >= 11 is 0. The number of likely N-dealkylation sites (N-methyl/N-ethyl adjacent to an activating group) is 1. The second kappa shape index (κ2) is 19.3. The predicted octanol–water partition coefficient (Wildman–Crippen LogP) is 2.83. The van der Waals surface area contributed by atoms with Crippen LogP contribution in [0.25, 0.3) is 0 Å². The van der Waals surface area contributed by atoms with E-state index in [1.54, 1.807) is 48.5 Å². The number of carbonyl (C=O) groups excluding carboxylic acids is 2. The number of esters is 1. The molecular formula is C41H71NO13. The maximum absolute atomic E-state index is 14.2. The number of ketones is 1. The van der Waals surface area contributed by atoms with E-state index in [0.717, 1.165) is 0 Å². The highest BCUT2D eigenvalue weighted by atomic mass is 16.7. The lowest BCUT2D eigenvalue weighted by atomic mass is 9.74. The molecule has 18 atom stereocenters. The molecule has 3 aliphatic heterocycles. The molecule has 3 heterocycles. The summed E-state index contributed by atoms with van der Waals surface area (Å²) < 4.78 is 44.1. The Kier molecular flexibility index (Phi) is 16.8. The number of Topliss-reactive ketones (excluding diaryl/α,β-unsaturated/α-hetero) is 1. The van der Waals surface area contributed by atoms with Gasteiger partial charge in [0.25, 0.3) is 0 Å². The monoisotopic (exact) mass is 785 g/mol. The summed E-state index contributed by atoms with van der Waals surface area (Å²) in [5.74, 6) is -1.93. The number of aliphatic hydroxyl groups is 4. The molecule has 0 unspecified atom stereocenters. The van der Waals surface area contributed by atoms with Gasteiger partial charge in [0.05, 0.1) is 47.6 Å². The van der Waals surface area contributed by atoms with Crippen molar-refractivity contribution in [2.45, 2.75) is 186 Å². The van der Waals surface area contributed by atoms with Crippen LogP contribution < -0.4 is 0 Å². The Morgan fingerprint density at radius 2 is 1.53 bits per heavy atom. The van der Waals surface area contributed by atoms with Gasteiger partial charge in [-0.1, -0.05) is 27.7 Å². The normalized spacial score (nSPS) is 46.8. The molecule has 14 nitrogen and oxygen atoms in total. The van der Waals surface area contributed by atoms with E-state index in [2.05, 4.69) is 5.92 Å². The van der Waals surface area contributed by atoms with Gasteiger partial charge >= 0.3 is 5.97 Å². The van der Waals surface area contributed by atoms with Crippen LogP contribution in [0, 0.1) is 36.0 Å². The number of carbonyl (C=O) groups is 2. The summed E-state index contributed by atoms with van der Waals surface area (Å²) in [5.41, 5.74) is -4.30. The minimum atomic E-state index is -1.98. The largest absolute Gasteiger partial charge is 0.459 e. The van der Waals surface area contributed by atoms with Crippen molar-refractivity contribution in [2.75, 3.05) is 27.8 Å². The van der Waals surface area contributed by atoms with E-state index in [1.807, 2.05) is 25.8 Å². The lowest BCUT2D eigenvalue weighted by Gasteiger charge is -2.50. The van der Waals surface area contributed by atoms with Crippen LogP contribution in [0.5, 0.6) is 0 Å². The molecule has 3 saturated heterocycles. The van der Waals surface area contributed by atoms with E-state index in [-0.39, 0.29) is 37.2 Å². The standard InChI is InChI=1S/C41H71NO13/c1-15-17-18-42(12)28-19-23(4)51-38(32(28)44)55-36-25(6)33(54-30-21-39(9,49-13)35(46)27(8)52-30)26(7)37(47)53-29(16-2)41(11,48)34(45)24(5)31(43)22(3)20-40(36,10)50-14/h1,22-30,32-36,38,44-46,48H,16-21H2,2-14H3/t22-,23-,24+,25+,26-,27+,28+,29-,30-,32-,33+,34-,35+,36-,38+,39-,40-,41-/m1/s1. The van der Waals surface area contributed by atoms with E-state index in [9.17, 15) is 30.0 Å². The Labute approximate surface area is 328 Å². The third-order valence-electron chi connectivity index (χ3n) is 12.8. The third kappa shape index (κ3) is 10.5. The van der Waals surface area contributed by atoms with Crippen LogP contribution in [0.2, 0.25) is 0 Å². The molecule has 0 aromatic rings. The minimum Gasteiger partial charge on any atom is -0.459 e. The molecule has 0 aromatic carbocycles. The van der Waals surface area contributed by atoms with Gasteiger partial charge < -0.3 is 53.6 Å². The highest BCUT2D eigenvalue weighted by Crippen LogP contribution is 2.42. The van der Waals surface area contributed by atoms with Gasteiger partial charge in [0.1, 0.15) is 29.7 Å². The van der Waals surface area contributed by atoms with Crippen LogP contribution in [-0.2, 0) is 42.7 Å². The van der Waals surface area contributed by atoms with Crippen molar-refractivity contribution in [3.05, 3.63) is 0 Å². The molecule has 318 valence electrons. The Balaban J connectivity index is 2.22. The smallest absolute Gasteiger partial charge is 0.311 e. The summed E-state index contributed by atoms with van der Waals surface area (Å²) in [6, 6.07) is -0.359. The first-order valence-electron chi connectivity index (χ1n) is 19.9. The van der Waals surface area contributed by atoms with Crippen molar-refractivity contribution in [3.8, 4) is 12.3 Å². The molecule has 0 aliphatic carbocycles. The third-order valence-corrected chi connectivity index (χ3v) is 12.8. The molecule has 4 N–H and O–H groups in total. The summed E-state index contributed by atoms with van der Waals surface area (Å²) in [7, 11) is 4.89. The number of nitrogens with zero attached hydrogens (tertiary/aromatic N) is 1. The number of methoxy groups -OCH3 is 2. The van der Waals surface area contributed by atoms with E-state index >= 15 is 0 Å². The molecule has 3 fully saturated rings. The summed E-state index contributed by atoms with van der Waals surface area (Å²) in [5, 5.41) is 45.9. The Bertz CT molecular complexity index is 1310. The molecular weight excluding hydrogens is 714 g/mol. The molecule has 0 saturated carbocycles. The molecule has 3 rings (SSSR count). The fourth-order valence-corrected chi connectivity index (χ4v) is 8.92. The Morgan fingerprint density at radius 3 is 2.09 bits per heavy atom. The van der Waals surface area contributed by atoms with Gasteiger partial charge in [-0.3, -0.25) is 14.5 Å². The van der Waals surface area contributed by atoms with Crippen LogP contribution >= 0.6 is 0 Å². The number of terminal acetylenes is 1. The number of rotatable bonds is 10. The van der Waals surface area contributed by atoms with Gasteiger partial charge in [0, 0.05) is 57.4 Å². The Hall–Kier alpha value is -1.74. The molecule has 14 heteroatoms. The van der Waals surface area contributed by atoms with Crippen molar-refractivity contribution in [1.82, 2.24) is 4.90 Å². The van der Waals surface area contributed by atoms with E-state index in [0.29, 0.717) is 19.4 Å². The van der Waals surface area contributed by atoms with E-state index < -0.39 is 102 Å². The van der Waals surface area contributed by atoms with Gasteiger partial charge in [-0.15, -0.1) is 12.3 Å². The summed E-state index contributed by atoms with van der Waals surface area (Å²) in [6.07, 6.45) is -3.07. The average molecular weight is 786 g/mol. The van der Waals surface area contributed by atoms with Crippen molar-refractivity contribution < 1.29 is 63.2 Å². The first-order chi connectivity index (χ1) is 25.5. The van der Waals surface area contributed by atoms with Gasteiger partial charge in [-0.2, -0.15) is 0 Å². The molecule has 55 heavy (non-hydrogen) atoms. The van der Waals surface area contributed by atoms with E-state index in [1.165, 1.54) is 21.1 Å². The van der Waals surface area contributed by atoms with Gasteiger partial charge in [0.2, 0.25) is 0 Å². The number of ether oxygens (including phenoxy) is 7. The molecule has 0 bridgehead atoms. The average Bonchev–Trinajstić information content (AvgIpc) is 3.14. The van der Waals surface area contributed by atoms with E-state index in [4.69, 9.17) is 39.6 Å². The van der Waals surface area contributed by atoms with Crippen LogP contribution in [0.4, 0.5) is 0 Å². The molecule has 0 spiro atoms. The molecule has 0 amide bonds. The first kappa shape index (κ1) is 47.6. The van der Waals surface area contributed by atoms with Gasteiger partial charge in [0.15, 0.2) is 12.6 Å². The van der Waals surface area contributed by atoms with Crippen molar-refractivity contribution >= 4 is 11.8 Å². The topological polar surface area (TPSA) is 183 Å². The van der Waals surface area contributed by atoms with Crippen LogP contribution in [0.1, 0.15) is 101 Å². The van der Waals surface area contributed by atoms with Gasteiger partial charge in [-0.25, -0.2) is 0 Å². The lowest BCUT2D eigenvalue weighted by Crippen LogP contribution is -2.61. The summed E-state index contributed by atoms with van der Waals surface area (Å²) in [6.45, 7) is 17.5. The number of hydrogen-bond donors (Lipinski definition) is 4. The maximum Gasteiger partial charge on any atom is 0.311 e. The number of hydrogen-bond acceptors (Lipinski definition) is 14. The highest BCUT2D eigenvalue weighted by Gasteiger charge is 2.54. The van der Waals surface area contributed by atoms with Crippen LogP contribution in [0.15, 0.2) is 0 Å². The SMILES string of the molecule is C#CCCN(C)[C@H]1C[C@@H](C)O[C@@H](O[C@@H]2[C@@H](C)[C@H](O[C@@H]3C[C@@](C)(OC)[C@@H](O)[C@H](C)O3)[C@@H](C)C(=O)O[C@H](CC)[C@@](C)(O)[C@H](O)[C@@H](C)C(=O)[C@H](C)C[C@@]2(C)OC)[C@@H]1O. The zero-order valence-electron chi connectivity index (χ0n) is 35.4. The zero-order valence-corrected chi connectivity index (χ0v) is 35.4. The van der Waals surface area contributed by atoms with Crippen molar-refractivity contribution in [1.29, 1.82) is 0 Å². The second-order valence-corrected chi connectivity index (χ2v) is 17.1. The fraction of sp³-hybridized carbons (Fsp3) is 0.902. The summed E-state index contributed by atoms with van der Waals surface area (Å²) in [4.78, 5) is 30.3. The quantitative estimate of drug-likeness (QED) is 0.187. The Morgan fingerprint density at radius 1 is 0.909 bits per heavy atom. The molecule has 3 aliphatic rings. The van der Waals surface area contributed by atoms with Crippen LogP contribution in [-0.4, -0.2) is 149 Å². The maximum atomic E-state index is 14.2. The van der Waals surface area contributed by atoms with Crippen molar-refractivity contribution in [2.24, 2.45) is 23.7 Å². The van der Waals surface area contributed by atoms with Crippen LogP contribution in [0.3, 0.4) is 0 Å². The minimum absolute atomic E-state index is 0.0913. The number of aliphatic hydroxyl groups excluding tert-OH is 3. The van der Waals surface area contributed by atoms with Crippen molar-refractivity contribution in [3.63, 3.8) is 0 Å².